The Labute approximate surface area is 135 Å². The van der Waals surface area contributed by atoms with Gasteiger partial charge in [0.2, 0.25) is 11.9 Å². The molecule has 0 aliphatic rings. The summed E-state index contributed by atoms with van der Waals surface area (Å²) in [6.07, 6.45) is 5.26. The molecule has 1 heterocycles. The van der Waals surface area contributed by atoms with Crippen LogP contribution in [-0.2, 0) is 11.3 Å². The predicted molar refractivity (Wildman–Crippen MR) is 89.8 cm³/mol. The normalized spacial score (nSPS) is 12.2. The molecule has 1 unspecified atom stereocenters. The molecule has 0 aliphatic carbocycles. The molecule has 22 heavy (non-hydrogen) atoms. The van der Waals surface area contributed by atoms with E-state index in [2.05, 4.69) is 45.8 Å². The number of hydrogen-bond acceptors (Lipinski definition) is 5. The highest BCUT2D eigenvalue weighted by Crippen LogP contribution is 2.16. The van der Waals surface area contributed by atoms with Crippen LogP contribution in [-0.4, -0.2) is 40.1 Å². The van der Waals surface area contributed by atoms with Gasteiger partial charge in [0.1, 0.15) is 0 Å². The van der Waals surface area contributed by atoms with Crippen molar-refractivity contribution in [1.82, 2.24) is 14.9 Å². The van der Waals surface area contributed by atoms with Crippen LogP contribution >= 0.6 is 11.8 Å². The van der Waals surface area contributed by atoms with Crippen molar-refractivity contribution in [1.29, 1.82) is 0 Å². The summed E-state index contributed by atoms with van der Waals surface area (Å²) in [5, 5.41) is 2.72. The molecule has 0 radical (unpaired) electrons. The van der Waals surface area contributed by atoms with Crippen LogP contribution in [0.2, 0.25) is 0 Å². The molecular formula is C16H20N4OS. The van der Waals surface area contributed by atoms with E-state index < -0.39 is 0 Å². The van der Waals surface area contributed by atoms with Crippen molar-refractivity contribution in [3.05, 3.63) is 48.3 Å². The quantitative estimate of drug-likeness (QED) is 0.830. The molecule has 1 N–H and O–H groups in total. The lowest BCUT2D eigenvalue weighted by Crippen LogP contribution is -2.39. The minimum absolute atomic E-state index is 0.116. The van der Waals surface area contributed by atoms with Crippen LogP contribution in [0.25, 0.3) is 0 Å². The molecule has 6 heteroatoms. The van der Waals surface area contributed by atoms with Crippen LogP contribution in [0.4, 0.5) is 5.95 Å². The number of amides is 1. The Hall–Kier alpha value is -1.92. The number of anilines is 1. The summed E-state index contributed by atoms with van der Waals surface area (Å²) in [7, 11) is 1.93. The Balaban J connectivity index is 1.92. The van der Waals surface area contributed by atoms with Crippen molar-refractivity contribution in [2.45, 2.75) is 24.4 Å². The number of aromatic nitrogens is 2. The highest BCUT2D eigenvalue weighted by molar-refractivity contribution is 7.98. The first-order valence-corrected chi connectivity index (χ1v) is 8.23. The van der Waals surface area contributed by atoms with Crippen molar-refractivity contribution >= 4 is 23.6 Å². The highest BCUT2D eigenvalue weighted by atomic mass is 32.2. The largest absolute Gasteiger partial charge is 0.293 e. The van der Waals surface area contributed by atoms with E-state index in [1.807, 2.05) is 18.9 Å². The van der Waals surface area contributed by atoms with E-state index >= 15 is 0 Å². The van der Waals surface area contributed by atoms with Gasteiger partial charge in [-0.15, -0.1) is 11.8 Å². The lowest BCUT2D eigenvalue weighted by atomic mass is 10.2. The monoisotopic (exact) mass is 316 g/mol. The Bertz CT molecular complexity index is 603. The zero-order valence-corrected chi connectivity index (χ0v) is 13.8. The van der Waals surface area contributed by atoms with Gasteiger partial charge in [-0.3, -0.25) is 15.0 Å². The van der Waals surface area contributed by atoms with Crippen LogP contribution in [0.15, 0.2) is 47.6 Å². The second-order valence-corrected chi connectivity index (χ2v) is 5.88. The van der Waals surface area contributed by atoms with Gasteiger partial charge >= 0.3 is 0 Å². The Morgan fingerprint density at radius 2 is 1.91 bits per heavy atom. The lowest BCUT2D eigenvalue weighted by Gasteiger charge is -2.23. The molecule has 0 saturated heterocycles. The first-order valence-electron chi connectivity index (χ1n) is 7.01. The zero-order valence-electron chi connectivity index (χ0n) is 13.0. The van der Waals surface area contributed by atoms with Gasteiger partial charge in [0, 0.05) is 23.8 Å². The fourth-order valence-electron chi connectivity index (χ4n) is 1.93. The van der Waals surface area contributed by atoms with Gasteiger partial charge in [-0.2, -0.15) is 0 Å². The van der Waals surface area contributed by atoms with Crippen LogP contribution < -0.4 is 5.32 Å². The van der Waals surface area contributed by atoms with E-state index in [9.17, 15) is 4.79 Å². The third-order valence-corrected chi connectivity index (χ3v) is 4.18. The van der Waals surface area contributed by atoms with E-state index in [1.165, 1.54) is 10.5 Å². The standard InChI is InChI=1S/C16H20N4OS/c1-12(15(21)19-16-17-9-4-10-18-16)20(2)11-13-5-7-14(22-3)8-6-13/h4-10,12H,11H2,1-3H3,(H,17,18,19,21). The maximum absolute atomic E-state index is 12.2. The molecule has 0 bridgehead atoms. The molecular weight excluding hydrogens is 296 g/mol. The van der Waals surface area contributed by atoms with E-state index in [4.69, 9.17) is 0 Å². The van der Waals surface area contributed by atoms with Crippen molar-refractivity contribution in [2.75, 3.05) is 18.6 Å². The maximum Gasteiger partial charge on any atom is 0.243 e. The van der Waals surface area contributed by atoms with Gasteiger partial charge in [0.15, 0.2) is 0 Å². The fraction of sp³-hybridized carbons (Fsp3) is 0.312. The van der Waals surface area contributed by atoms with E-state index in [1.54, 1.807) is 30.2 Å². The van der Waals surface area contributed by atoms with Gasteiger partial charge < -0.3 is 0 Å². The van der Waals surface area contributed by atoms with Gasteiger partial charge in [0.25, 0.3) is 0 Å². The molecule has 1 aromatic carbocycles. The summed E-state index contributed by atoms with van der Waals surface area (Å²) in [4.78, 5) is 23.4. The van der Waals surface area contributed by atoms with Crippen molar-refractivity contribution in [2.24, 2.45) is 0 Å². The number of thioether (sulfide) groups is 1. The van der Waals surface area contributed by atoms with Crippen LogP contribution in [0.3, 0.4) is 0 Å². The van der Waals surface area contributed by atoms with Crippen LogP contribution in [0.1, 0.15) is 12.5 Å². The third kappa shape index (κ3) is 4.54. The van der Waals surface area contributed by atoms with Crippen LogP contribution in [0, 0.1) is 0 Å². The van der Waals surface area contributed by atoms with Crippen molar-refractivity contribution in [3.8, 4) is 0 Å². The zero-order chi connectivity index (χ0) is 15.9. The summed E-state index contributed by atoms with van der Waals surface area (Å²) >= 11 is 1.72. The molecule has 1 aromatic heterocycles. The summed E-state index contributed by atoms with van der Waals surface area (Å²) in [5.74, 6) is 0.214. The van der Waals surface area contributed by atoms with Crippen molar-refractivity contribution < 1.29 is 4.79 Å². The molecule has 5 nitrogen and oxygen atoms in total. The molecule has 0 spiro atoms. The van der Waals surface area contributed by atoms with Crippen LogP contribution in [0.5, 0.6) is 0 Å². The number of likely N-dealkylation sites (N-methyl/N-ethyl adjacent to an activating group) is 1. The number of carbonyl (C=O) groups is 1. The van der Waals surface area contributed by atoms with Gasteiger partial charge in [-0.25, -0.2) is 9.97 Å². The van der Waals surface area contributed by atoms with E-state index in [0.717, 1.165) is 0 Å². The topological polar surface area (TPSA) is 58.1 Å². The SMILES string of the molecule is CSc1ccc(CN(C)C(C)C(=O)Nc2ncccn2)cc1. The summed E-state index contributed by atoms with van der Waals surface area (Å²) < 4.78 is 0. The van der Waals surface area contributed by atoms with Gasteiger partial charge in [-0.1, -0.05) is 12.1 Å². The number of hydrogen-bond donors (Lipinski definition) is 1. The minimum atomic E-state index is -0.274. The summed E-state index contributed by atoms with van der Waals surface area (Å²) in [6, 6.07) is 9.81. The van der Waals surface area contributed by atoms with E-state index in [0.29, 0.717) is 12.5 Å². The molecule has 2 rings (SSSR count). The second-order valence-electron chi connectivity index (χ2n) is 5.00. The second kappa shape index (κ2) is 7.91. The molecule has 0 fully saturated rings. The number of nitrogens with one attached hydrogen (secondary N) is 1. The molecule has 116 valence electrons. The molecule has 2 aromatic rings. The molecule has 1 atom stereocenters. The smallest absolute Gasteiger partial charge is 0.243 e. The first-order chi connectivity index (χ1) is 10.6. The minimum Gasteiger partial charge on any atom is -0.293 e. The van der Waals surface area contributed by atoms with Gasteiger partial charge in [-0.05, 0) is 44.0 Å². The van der Waals surface area contributed by atoms with Gasteiger partial charge in [0.05, 0.1) is 6.04 Å². The highest BCUT2D eigenvalue weighted by Gasteiger charge is 2.18. The van der Waals surface area contributed by atoms with Crippen molar-refractivity contribution in [3.63, 3.8) is 0 Å². The molecule has 0 aliphatic heterocycles. The molecule has 1 amide bonds. The number of benzene rings is 1. The predicted octanol–water partition coefficient (Wildman–Crippen LogP) is 2.66. The summed E-state index contributed by atoms with van der Waals surface area (Å²) in [5.41, 5.74) is 1.18. The lowest BCUT2D eigenvalue weighted by molar-refractivity contribution is -0.120. The fourth-order valence-corrected chi connectivity index (χ4v) is 2.34. The molecule has 0 saturated carbocycles. The number of rotatable bonds is 6. The Morgan fingerprint density at radius 3 is 2.50 bits per heavy atom. The average molecular weight is 316 g/mol. The number of carbonyl (C=O) groups excluding carboxylic acids is 1. The third-order valence-electron chi connectivity index (χ3n) is 3.43. The summed E-state index contributed by atoms with van der Waals surface area (Å²) in [6.45, 7) is 2.58. The number of nitrogens with zero attached hydrogens (tertiary/aromatic N) is 3. The first kappa shape index (κ1) is 16.5. The van der Waals surface area contributed by atoms with E-state index in [-0.39, 0.29) is 11.9 Å². The Morgan fingerprint density at radius 1 is 1.27 bits per heavy atom. The maximum atomic E-state index is 12.2. The average Bonchev–Trinajstić information content (AvgIpc) is 2.55. The Kier molecular flexibility index (Phi) is 5.91.